The van der Waals surface area contributed by atoms with E-state index in [2.05, 4.69) is 9.82 Å². The highest BCUT2D eigenvalue weighted by Crippen LogP contribution is 2.23. The maximum Gasteiger partial charge on any atom is 0.265 e. The summed E-state index contributed by atoms with van der Waals surface area (Å²) in [4.78, 5) is 0.233. The number of sulfonamides is 2. The minimum Gasteiger partial charge on any atom is -0.280 e. The van der Waals surface area contributed by atoms with Crippen LogP contribution in [-0.2, 0) is 26.6 Å². The van der Waals surface area contributed by atoms with Gasteiger partial charge in [-0.15, -0.1) is 0 Å². The second-order valence-electron chi connectivity index (χ2n) is 6.48. The van der Waals surface area contributed by atoms with Crippen molar-refractivity contribution in [1.29, 1.82) is 0 Å². The minimum absolute atomic E-state index is 0.0608. The standard InChI is InChI=1S/C17H24N4O4S2/c1-2-20-14-17(13-18-20)26(22,23)19-15-7-9-16(10-8-15)27(24,25)21-11-5-3-4-6-12-21/h7-10,13-14,19H,2-6,11-12H2,1H3. The van der Waals surface area contributed by atoms with Crippen LogP contribution in [0.5, 0.6) is 0 Å². The Bertz CT molecular complexity index is 974. The Labute approximate surface area is 160 Å². The molecule has 0 unspecified atom stereocenters. The molecule has 148 valence electrons. The average Bonchev–Trinajstić information content (AvgIpc) is 2.97. The summed E-state index contributed by atoms with van der Waals surface area (Å²) in [6, 6.07) is 5.81. The molecule has 27 heavy (non-hydrogen) atoms. The number of rotatable bonds is 6. The fourth-order valence-electron chi connectivity index (χ4n) is 3.00. The van der Waals surface area contributed by atoms with Gasteiger partial charge in [-0.3, -0.25) is 9.40 Å². The fraction of sp³-hybridized carbons (Fsp3) is 0.471. The van der Waals surface area contributed by atoms with E-state index in [0.717, 1.165) is 25.7 Å². The van der Waals surface area contributed by atoms with Crippen LogP contribution in [0.4, 0.5) is 5.69 Å². The largest absolute Gasteiger partial charge is 0.280 e. The van der Waals surface area contributed by atoms with Crippen LogP contribution in [0, 0.1) is 0 Å². The quantitative estimate of drug-likeness (QED) is 0.784. The van der Waals surface area contributed by atoms with Gasteiger partial charge in [0.05, 0.1) is 11.1 Å². The molecule has 1 fully saturated rings. The van der Waals surface area contributed by atoms with Gasteiger partial charge in [-0.25, -0.2) is 16.8 Å². The molecule has 1 aliphatic rings. The lowest BCUT2D eigenvalue weighted by Crippen LogP contribution is -2.31. The van der Waals surface area contributed by atoms with Gasteiger partial charge in [0.1, 0.15) is 4.90 Å². The van der Waals surface area contributed by atoms with Gasteiger partial charge >= 0.3 is 0 Å². The molecular formula is C17H24N4O4S2. The number of benzene rings is 1. The lowest BCUT2D eigenvalue weighted by molar-refractivity contribution is 0.424. The molecule has 1 N–H and O–H groups in total. The molecular weight excluding hydrogens is 388 g/mol. The summed E-state index contributed by atoms with van der Waals surface area (Å²) in [5.41, 5.74) is 0.300. The van der Waals surface area contributed by atoms with Gasteiger partial charge in [-0.1, -0.05) is 12.8 Å². The summed E-state index contributed by atoms with van der Waals surface area (Å²) in [7, 11) is -7.32. The summed E-state index contributed by atoms with van der Waals surface area (Å²) in [5, 5.41) is 3.96. The molecule has 2 heterocycles. The number of aryl methyl sites for hydroxylation is 1. The summed E-state index contributed by atoms with van der Waals surface area (Å²) < 4.78 is 55.8. The molecule has 1 aromatic heterocycles. The van der Waals surface area contributed by atoms with E-state index in [0.29, 0.717) is 25.3 Å². The molecule has 1 aliphatic heterocycles. The zero-order valence-corrected chi connectivity index (χ0v) is 16.8. The van der Waals surface area contributed by atoms with Crippen LogP contribution in [0.1, 0.15) is 32.6 Å². The van der Waals surface area contributed by atoms with Crippen molar-refractivity contribution in [3.63, 3.8) is 0 Å². The first-order valence-corrected chi connectivity index (χ1v) is 11.9. The van der Waals surface area contributed by atoms with Crippen LogP contribution in [0.3, 0.4) is 0 Å². The maximum absolute atomic E-state index is 12.8. The normalized spacial score (nSPS) is 16.8. The van der Waals surface area contributed by atoms with Crippen LogP contribution in [0.2, 0.25) is 0 Å². The average molecular weight is 413 g/mol. The van der Waals surface area contributed by atoms with Crippen molar-refractivity contribution in [2.45, 2.75) is 48.9 Å². The van der Waals surface area contributed by atoms with Crippen LogP contribution < -0.4 is 4.72 Å². The van der Waals surface area contributed by atoms with Crippen LogP contribution >= 0.6 is 0 Å². The summed E-state index contributed by atoms with van der Waals surface area (Å²) >= 11 is 0. The third-order valence-corrected chi connectivity index (χ3v) is 7.80. The van der Waals surface area contributed by atoms with Gasteiger partial charge < -0.3 is 0 Å². The third kappa shape index (κ3) is 4.50. The molecule has 0 spiro atoms. The van der Waals surface area contributed by atoms with E-state index in [1.807, 2.05) is 6.92 Å². The number of anilines is 1. The molecule has 0 atom stereocenters. The van der Waals surface area contributed by atoms with Gasteiger partial charge in [-0.2, -0.15) is 9.40 Å². The number of nitrogens with zero attached hydrogens (tertiary/aromatic N) is 3. The molecule has 0 aliphatic carbocycles. The Morgan fingerprint density at radius 3 is 2.15 bits per heavy atom. The fourth-order valence-corrected chi connectivity index (χ4v) is 5.52. The van der Waals surface area contributed by atoms with E-state index in [1.54, 1.807) is 0 Å². The first kappa shape index (κ1) is 19.8. The van der Waals surface area contributed by atoms with Gasteiger partial charge in [0, 0.05) is 31.5 Å². The first-order valence-electron chi connectivity index (χ1n) is 8.98. The van der Waals surface area contributed by atoms with E-state index >= 15 is 0 Å². The highest BCUT2D eigenvalue weighted by Gasteiger charge is 2.25. The number of hydrogen-bond acceptors (Lipinski definition) is 5. The van der Waals surface area contributed by atoms with Crippen LogP contribution in [0.15, 0.2) is 46.5 Å². The summed E-state index contributed by atoms with van der Waals surface area (Å²) in [6.07, 6.45) is 6.54. The van der Waals surface area contributed by atoms with E-state index in [-0.39, 0.29) is 9.79 Å². The van der Waals surface area contributed by atoms with E-state index in [4.69, 9.17) is 0 Å². The van der Waals surface area contributed by atoms with Crippen LogP contribution in [-0.4, -0.2) is 44.0 Å². The molecule has 8 nitrogen and oxygen atoms in total. The smallest absolute Gasteiger partial charge is 0.265 e. The Morgan fingerprint density at radius 1 is 0.963 bits per heavy atom. The Kier molecular flexibility index (Phi) is 5.87. The van der Waals surface area contributed by atoms with Crippen molar-refractivity contribution in [3.8, 4) is 0 Å². The van der Waals surface area contributed by atoms with E-state index in [1.165, 1.54) is 45.6 Å². The van der Waals surface area contributed by atoms with Crippen molar-refractivity contribution >= 4 is 25.7 Å². The molecule has 0 amide bonds. The molecule has 2 aromatic rings. The maximum atomic E-state index is 12.8. The molecule has 0 bridgehead atoms. The SMILES string of the molecule is CCn1cc(S(=O)(=O)Nc2ccc(S(=O)(=O)N3CCCCCC3)cc2)cn1. The Balaban J connectivity index is 1.76. The lowest BCUT2D eigenvalue weighted by atomic mass is 10.2. The molecule has 1 aromatic carbocycles. The molecule has 1 saturated heterocycles. The zero-order chi connectivity index (χ0) is 19.5. The lowest BCUT2D eigenvalue weighted by Gasteiger charge is -2.20. The minimum atomic E-state index is -3.77. The predicted molar refractivity (Wildman–Crippen MR) is 102 cm³/mol. The van der Waals surface area contributed by atoms with Crippen molar-refractivity contribution in [2.75, 3.05) is 17.8 Å². The monoisotopic (exact) mass is 412 g/mol. The van der Waals surface area contributed by atoms with Crippen molar-refractivity contribution in [2.24, 2.45) is 0 Å². The number of nitrogens with one attached hydrogen (secondary N) is 1. The number of aromatic nitrogens is 2. The van der Waals surface area contributed by atoms with Crippen molar-refractivity contribution in [1.82, 2.24) is 14.1 Å². The Hall–Kier alpha value is -1.91. The van der Waals surface area contributed by atoms with E-state index < -0.39 is 20.0 Å². The van der Waals surface area contributed by atoms with Gasteiger partial charge in [0.25, 0.3) is 10.0 Å². The van der Waals surface area contributed by atoms with E-state index in [9.17, 15) is 16.8 Å². The molecule has 10 heteroatoms. The van der Waals surface area contributed by atoms with Gasteiger partial charge in [0.2, 0.25) is 10.0 Å². The topological polar surface area (TPSA) is 101 Å². The number of hydrogen-bond donors (Lipinski definition) is 1. The van der Waals surface area contributed by atoms with Crippen LogP contribution in [0.25, 0.3) is 0 Å². The first-order chi connectivity index (χ1) is 12.8. The van der Waals surface area contributed by atoms with Gasteiger partial charge in [-0.05, 0) is 44.0 Å². The van der Waals surface area contributed by atoms with Crippen molar-refractivity contribution in [3.05, 3.63) is 36.7 Å². The molecule has 3 rings (SSSR count). The summed E-state index contributed by atoms with van der Waals surface area (Å²) in [5.74, 6) is 0. The molecule has 0 radical (unpaired) electrons. The van der Waals surface area contributed by atoms with Crippen molar-refractivity contribution < 1.29 is 16.8 Å². The molecule has 0 saturated carbocycles. The van der Waals surface area contributed by atoms with Gasteiger partial charge in [0.15, 0.2) is 0 Å². The second kappa shape index (κ2) is 7.99. The summed E-state index contributed by atoms with van der Waals surface area (Å²) in [6.45, 7) is 3.48. The Morgan fingerprint density at radius 2 is 1.59 bits per heavy atom. The predicted octanol–water partition coefficient (Wildman–Crippen LogP) is 2.27. The zero-order valence-electron chi connectivity index (χ0n) is 15.2. The third-order valence-electron chi connectivity index (χ3n) is 4.55. The highest BCUT2D eigenvalue weighted by molar-refractivity contribution is 7.92. The second-order valence-corrected chi connectivity index (χ2v) is 10.1. The highest BCUT2D eigenvalue weighted by atomic mass is 32.2.